The largest absolute Gasteiger partial charge is 0.473 e. The summed E-state index contributed by atoms with van der Waals surface area (Å²) in [4.78, 5) is 20.9. The average Bonchev–Trinajstić information content (AvgIpc) is 2.71. The predicted octanol–water partition coefficient (Wildman–Crippen LogP) is 1.97. The number of sulfonamides is 1. The van der Waals surface area contributed by atoms with Crippen LogP contribution in [0.3, 0.4) is 0 Å². The van der Waals surface area contributed by atoms with Gasteiger partial charge in [-0.3, -0.25) is 4.90 Å². The fourth-order valence-electron chi connectivity index (χ4n) is 3.02. The molecule has 1 heterocycles. The van der Waals surface area contributed by atoms with Gasteiger partial charge in [0.15, 0.2) is 0 Å². The first-order valence-electron chi connectivity index (χ1n) is 9.41. The smallest absolute Gasteiger partial charge is 0.414 e. The van der Waals surface area contributed by atoms with Gasteiger partial charge in [0.05, 0.1) is 4.90 Å². The Bertz CT molecular complexity index is 969. The van der Waals surface area contributed by atoms with Gasteiger partial charge in [0.2, 0.25) is 10.0 Å². The van der Waals surface area contributed by atoms with Crippen LogP contribution in [0.4, 0.5) is 0 Å². The Morgan fingerprint density at radius 1 is 0.867 bits per heavy atom. The monoisotopic (exact) mass is 434 g/mol. The molecule has 1 saturated heterocycles. The van der Waals surface area contributed by atoms with Crippen molar-refractivity contribution >= 4 is 22.0 Å². The van der Waals surface area contributed by atoms with Crippen molar-refractivity contribution in [2.24, 2.45) is 0 Å². The highest BCUT2D eigenvalue weighted by Crippen LogP contribution is 2.19. The van der Waals surface area contributed by atoms with E-state index in [1.807, 2.05) is 25.1 Å². The highest BCUT2D eigenvalue weighted by molar-refractivity contribution is 7.89. The molecule has 2 aromatic rings. The number of carbonyl (C=O) groups is 2. The minimum atomic E-state index is -3.38. The maximum atomic E-state index is 12.7. The number of benzene rings is 2. The molecular weight excluding hydrogens is 408 g/mol. The Morgan fingerprint density at radius 3 is 1.90 bits per heavy atom. The van der Waals surface area contributed by atoms with Gasteiger partial charge in [0, 0.05) is 32.7 Å². The first kappa shape index (κ1) is 23.5. The number of hydrogen-bond acceptors (Lipinski definition) is 5. The lowest BCUT2D eigenvalue weighted by Crippen LogP contribution is -2.48. The van der Waals surface area contributed by atoms with E-state index in [1.54, 1.807) is 16.4 Å². The predicted molar refractivity (Wildman–Crippen MR) is 112 cm³/mol. The third kappa shape index (κ3) is 6.38. The maximum absolute atomic E-state index is 12.7. The van der Waals surface area contributed by atoms with Crippen LogP contribution in [-0.4, -0.2) is 66.0 Å². The molecule has 9 heteroatoms. The van der Waals surface area contributed by atoms with Crippen molar-refractivity contribution in [2.75, 3.05) is 26.2 Å². The highest BCUT2D eigenvalue weighted by atomic mass is 32.2. The van der Waals surface area contributed by atoms with Crippen LogP contribution in [0.15, 0.2) is 53.4 Å². The van der Waals surface area contributed by atoms with Gasteiger partial charge in [-0.1, -0.05) is 42.0 Å². The highest BCUT2D eigenvalue weighted by Gasteiger charge is 2.28. The third-order valence-electron chi connectivity index (χ3n) is 4.83. The lowest BCUT2D eigenvalue weighted by atomic mass is 10.1. The van der Waals surface area contributed by atoms with Crippen LogP contribution in [0.25, 0.3) is 0 Å². The molecule has 1 aliphatic heterocycles. The fourth-order valence-corrected chi connectivity index (χ4v) is 4.44. The molecule has 2 N–H and O–H groups in total. The molecule has 0 spiro atoms. The zero-order valence-electron chi connectivity index (χ0n) is 17.0. The van der Waals surface area contributed by atoms with Gasteiger partial charge in [-0.25, -0.2) is 18.0 Å². The van der Waals surface area contributed by atoms with E-state index in [0.29, 0.717) is 18.0 Å². The number of piperazine rings is 1. The van der Waals surface area contributed by atoms with Crippen molar-refractivity contribution in [3.05, 3.63) is 65.2 Å². The minimum Gasteiger partial charge on any atom is -0.473 e. The zero-order chi connectivity index (χ0) is 22.3. The Morgan fingerprint density at radius 2 is 1.40 bits per heavy atom. The van der Waals surface area contributed by atoms with E-state index in [1.165, 1.54) is 11.1 Å². The van der Waals surface area contributed by atoms with Crippen LogP contribution in [0.1, 0.15) is 16.7 Å². The summed E-state index contributed by atoms with van der Waals surface area (Å²) in [5.41, 5.74) is 3.66. The third-order valence-corrected chi connectivity index (χ3v) is 6.74. The van der Waals surface area contributed by atoms with E-state index in [9.17, 15) is 8.42 Å². The number of aryl methyl sites for hydroxylation is 2. The van der Waals surface area contributed by atoms with Crippen molar-refractivity contribution in [3.63, 3.8) is 0 Å². The molecule has 0 amide bonds. The Kier molecular flexibility index (Phi) is 8.10. The molecule has 0 unspecified atom stereocenters. The summed E-state index contributed by atoms with van der Waals surface area (Å²) in [5, 5.41) is 14.8. The summed E-state index contributed by atoms with van der Waals surface area (Å²) in [6, 6.07) is 15.5. The summed E-state index contributed by atoms with van der Waals surface area (Å²) >= 11 is 0. The van der Waals surface area contributed by atoms with E-state index in [-0.39, 0.29) is 0 Å². The molecule has 30 heavy (non-hydrogen) atoms. The number of nitrogens with zero attached hydrogens (tertiary/aromatic N) is 2. The van der Waals surface area contributed by atoms with Crippen molar-refractivity contribution in [1.82, 2.24) is 9.21 Å². The van der Waals surface area contributed by atoms with Crippen LogP contribution in [0.2, 0.25) is 0 Å². The number of carboxylic acids is 2. The number of aliphatic carboxylic acids is 2. The fraction of sp³-hybridized carbons (Fsp3) is 0.333. The second-order valence-corrected chi connectivity index (χ2v) is 8.97. The molecule has 0 aromatic heterocycles. The molecule has 3 rings (SSSR count). The first-order valence-corrected chi connectivity index (χ1v) is 10.8. The van der Waals surface area contributed by atoms with Crippen molar-refractivity contribution in [2.45, 2.75) is 25.3 Å². The summed E-state index contributed by atoms with van der Waals surface area (Å²) < 4.78 is 27.1. The summed E-state index contributed by atoms with van der Waals surface area (Å²) in [5.74, 6) is -3.65. The van der Waals surface area contributed by atoms with Crippen LogP contribution in [0, 0.1) is 13.8 Å². The van der Waals surface area contributed by atoms with Gasteiger partial charge in [-0.2, -0.15) is 4.31 Å². The number of carboxylic acid groups (broad SMARTS) is 2. The van der Waals surface area contributed by atoms with Gasteiger partial charge in [-0.15, -0.1) is 0 Å². The molecular formula is C21H26N2O6S. The molecule has 0 aliphatic carbocycles. The van der Waals surface area contributed by atoms with E-state index in [0.717, 1.165) is 25.2 Å². The Labute approximate surface area is 176 Å². The molecule has 0 atom stereocenters. The molecule has 8 nitrogen and oxygen atoms in total. The van der Waals surface area contributed by atoms with Gasteiger partial charge in [0.25, 0.3) is 0 Å². The van der Waals surface area contributed by atoms with E-state index in [2.05, 4.69) is 30.0 Å². The number of hydrogen-bond donors (Lipinski definition) is 2. The second kappa shape index (κ2) is 10.3. The van der Waals surface area contributed by atoms with Crippen LogP contribution in [-0.2, 0) is 26.2 Å². The van der Waals surface area contributed by atoms with Gasteiger partial charge in [-0.05, 0) is 37.1 Å². The Hall–Kier alpha value is -2.75. The second-order valence-electron chi connectivity index (χ2n) is 7.03. The van der Waals surface area contributed by atoms with Gasteiger partial charge >= 0.3 is 11.9 Å². The SMILES string of the molecule is Cc1ccc(S(=O)(=O)N2CCN(Cc3ccccc3C)CC2)cc1.O=C(O)C(=O)O. The molecule has 2 aromatic carbocycles. The van der Waals surface area contributed by atoms with Gasteiger partial charge in [0.1, 0.15) is 0 Å². The molecule has 0 saturated carbocycles. The van der Waals surface area contributed by atoms with E-state index in [4.69, 9.17) is 19.8 Å². The summed E-state index contributed by atoms with van der Waals surface area (Å²) in [7, 11) is -3.38. The average molecular weight is 435 g/mol. The quantitative estimate of drug-likeness (QED) is 0.707. The molecule has 1 fully saturated rings. The molecule has 0 radical (unpaired) electrons. The molecule has 1 aliphatic rings. The van der Waals surface area contributed by atoms with Crippen molar-refractivity contribution in [1.29, 1.82) is 0 Å². The maximum Gasteiger partial charge on any atom is 0.414 e. The van der Waals surface area contributed by atoms with E-state index < -0.39 is 22.0 Å². The first-order chi connectivity index (χ1) is 14.1. The Balaban J connectivity index is 0.000000469. The zero-order valence-corrected chi connectivity index (χ0v) is 17.8. The molecule has 162 valence electrons. The number of rotatable bonds is 4. The van der Waals surface area contributed by atoms with Crippen LogP contribution in [0.5, 0.6) is 0 Å². The standard InChI is InChI=1S/C19H24N2O2S.C2H2O4/c1-16-7-9-19(10-8-16)24(22,23)21-13-11-20(12-14-21)15-18-6-4-3-5-17(18)2;3-1(4)2(5)6/h3-10H,11-15H2,1-2H3;(H,3,4)(H,5,6). The summed E-state index contributed by atoms with van der Waals surface area (Å²) in [6.07, 6.45) is 0. The summed E-state index contributed by atoms with van der Waals surface area (Å²) in [6.45, 7) is 7.57. The van der Waals surface area contributed by atoms with Crippen molar-refractivity contribution < 1.29 is 28.2 Å². The normalized spacial score (nSPS) is 15.1. The van der Waals surface area contributed by atoms with Gasteiger partial charge < -0.3 is 10.2 Å². The molecule has 0 bridgehead atoms. The lowest BCUT2D eigenvalue weighted by Gasteiger charge is -2.34. The minimum absolute atomic E-state index is 0.389. The van der Waals surface area contributed by atoms with Crippen LogP contribution < -0.4 is 0 Å². The van der Waals surface area contributed by atoms with Crippen molar-refractivity contribution in [3.8, 4) is 0 Å². The topological polar surface area (TPSA) is 115 Å². The van der Waals surface area contributed by atoms with Crippen LogP contribution >= 0.6 is 0 Å². The lowest BCUT2D eigenvalue weighted by molar-refractivity contribution is -0.159. The van der Waals surface area contributed by atoms with E-state index >= 15 is 0 Å².